The fourth-order valence-electron chi connectivity index (χ4n) is 4.97. The molecule has 44 heavy (non-hydrogen) atoms. The Morgan fingerprint density at radius 3 is 2.61 bits per heavy atom. The number of piperazine rings is 1. The van der Waals surface area contributed by atoms with E-state index >= 15 is 0 Å². The SMILES string of the molecule is C=CC(=O)Nc1cc2c(Nc3ccnc(-c4ccccc4F)c3)ncnc2cc1OCCCN1CCN(CCOPI)CC1. The lowest BCUT2D eigenvalue weighted by molar-refractivity contribution is -0.111. The maximum atomic E-state index is 14.4. The Bertz CT molecular complexity index is 1590. The van der Waals surface area contributed by atoms with Crippen molar-refractivity contribution >= 4 is 62.5 Å². The molecule has 0 aliphatic carbocycles. The molecule has 3 heterocycles. The van der Waals surface area contributed by atoms with Crippen LogP contribution >= 0.6 is 28.5 Å². The Labute approximate surface area is 270 Å². The van der Waals surface area contributed by atoms with Crippen LogP contribution in [-0.2, 0) is 9.32 Å². The van der Waals surface area contributed by atoms with Gasteiger partial charge in [0, 0.05) is 68.2 Å². The van der Waals surface area contributed by atoms with Gasteiger partial charge in [-0.3, -0.25) is 14.7 Å². The second-order valence-electron chi connectivity index (χ2n) is 10.1. The van der Waals surface area contributed by atoms with Crippen LogP contribution in [0.5, 0.6) is 5.75 Å². The Kier molecular flexibility index (Phi) is 11.8. The molecule has 0 saturated carbocycles. The van der Waals surface area contributed by atoms with Gasteiger partial charge >= 0.3 is 0 Å². The molecule has 2 aromatic heterocycles. The van der Waals surface area contributed by atoms with Crippen molar-refractivity contribution in [1.82, 2.24) is 24.8 Å². The highest BCUT2D eigenvalue weighted by Crippen LogP contribution is 2.34. The Balaban J connectivity index is 1.27. The molecule has 4 aromatic rings. The standard InChI is InChI=1S/C31H34FIN7O3P/c1-2-30(41)38-28-19-24-27(20-29(28)42-16-5-10-39-11-13-40(14-12-39)15-17-43-44-33)35-21-36-31(24)37-22-8-9-34-26(18-22)23-6-3-4-7-25(23)32/h2-4,6-9,18-21,44H,1,5,10-17H2,(H,38,41)(H,34,35,36,37). The van der Waals surface area contributed by atoms with Crippen molar-refractivity contribution in [2.45, 2.75) is 6.42 Å². The third kappa shape index (κ3) is 8.66. The molecule has 1 atom stereocenters. The van der Waals surface area contributed by atoms with E-state index in [2.05, 4.69) is 64.0 Å². The second kappa shape index (κ2) is 16.1. The van der Waals surface area contributed by atoms with Crippen LogP contribution in [0.4, 0.5) is 21.6 Å². The third-order valence-corrected chi connectivity index (χ3v) is 8.51. The van der Waals surface area contributed by atoms with Gasteiger partial charge in [-0.2, -0.15) is 0 Å². The average Bonchev–Trinajstić information content (AvgIpc) is 3.04. The molecule has 2 N–H and O–H groups in total. The molecule has 10 nitrogen and oxygen atoms in total. The summed E-state index contributed by atoms with van der Waals surface area (Å²) in [5.41, 5.74) is 2.69. The van der Waals surface area contributed by atoms with E-state index in [1.54, 1.807) is 48.7 Å². The minimum Gasteiger partial charge on any atom is -0.491 e. The number of nitrogens with zero attached hydrogens (tertiary/aromatic N) is 5. The lowest BCUT2D eigenvalue weighted by Crippen LogP contribution is -2.47. The predicted molar refractivity (Wildman–Crippen MR) is 183 cm³/mol. The molecule has 230 valence electrons. The largest absolute Gasteiger partial charge is 0.491 e. The number of halogens is 2. The number of pyridine rings is 1. The highest BCUT2D eigenvalue weighted by Gasteiger charge is 2.17. The molecular weight excluding hydrogens is 695 g/mol. The number of fused-ring (bicyclic) bond motifs is 1. The molecule has 1 fully saturated rings. The summed E-state index contributed by atoms with van der Waals surface area (Å²) in [5.74, 6) is 0.327. The monoisotopic (exact) mass is 729 g/mol. The van der Waals surface area contributed by atoms with Crippen LogP contribution in [0.25, 0.3) is 22.2 Å². The lowest BCUT2D eigenvalue weighted by atomic mass is 10.1. The summed E-state index contributed by atoms with van der Waals surface area (Å²) in [7, 11) is 0. The number of hydrogen-bond donors (Lipinski definition) is 2. The summed E-state index contributed by atoms with van der Waals surface area (Å²) in [6, 6.07) is 13.6. The summed E-state index contributed by atoms with van der Waals surface area (Å²) in [6.07, 6.45) is 5.12. The quantitative estimate of drug-likeness (QED) is 0.0696. The van der Waals surface area contributed by atoms with E-state index in [-0.39, 0.29) is 11.7 Å². The molecule has 2 aromatic carbocycles. The zero-order valence-corrected chi connectivity index (χ0v) is 27.3. The van der Waals surface area contributed by atoms with Crippen molar-refractivity contribution in [3.63, 3.8) is 0 Å². The summed E-state index contributed by atoms with van der Waals surface area (Å²) in [4.78, 5) is 30.4. The highest BCUT2D eigenvalue weighted by molar-refractivity contribution is 14.2. The van der Waals surface area contributed by atoms with Gasteiger partial charge in [0.15, 0.2) is 0 Å². The molecule has 1 aliphatic rings. The van der Waals surface area contributed by atoms with Gasteiger partial charge in [-0.1, -0.05) is 18.7 Å². The first kappa shape index (κ1) is 32.1. The van der Waals surface area contributed by atoms with E-state index in [0.29, 0.717) is 58.2 Å². The molecule has 0 radical (unpaired) electrons. The van der Waals surface area contributed by atoms with E-state index in [4.69, 9.17) is 9.26 Å². The zero-order valence-electron chi connectivity index (χ0n) is 24.1. The number of rotatable bonds is 14. The van der Waals surface area contributed by atoms with Crippen molar-refractivity contribution < 1.29 is 18.4 Å². The second-order valence-corrected chi connectivity index (χ2v) is 11.9. The van der Waals surface area contributed by atoms with Gasteiger partial charge in [-0.05, 0) is 64.9 Å². The third-order valence-electron chi connectivity index (χ3n) is 7.26. The van der Waals surface area contributed by atoms with Gasteiger partial charge in [0.25, 0.3) is 0 Å². The topological polar surface area (TPSA) is 105 Å². The molecule has 0 bridgehead atoms. The number of amides is 1. The summed E-state index contributed by atoms with van der Waals surface area (Å²) in [5, 5.41) is 6.82. The van der Waals surface area contributed by atoms with E-state index in [9.17, 15) is 9.18 Å². The Morgan fingerprint density at radius 2 is 1.84 bits per heavy atom. The summed E-state index contributed by atoms with van der Waals surface area (Å²) >= 11 is 2.25. The van der Waals surface area contributed by atoms with Crippen molar-refractivity contribution in [3.05, 3.63) is 79.5 Å². The molecular formula is C31H34FIN7O3P. The smallest absolute Gasteiger partial charge is 0.247 e. The summed E-state index contributed by atoms with van der Waals surface area (Å²) < 4.78 is 26.1. The number of nitrogens with one attached hydrogen (secondary N) is 2. The zero-order chi connectivity index (χ0) is 30.7. The van der Waals surface area contributed by atoms with Crippen molar-refractivity contribution in [3.8, 4) is 17.0 Å². The molecule has 1 aliphatic heterocycles. The van der Waals surface area contributed by atoms with Gasteiger partial charge < -0.3 is 24.8 Å². The first-order valence-corrected chi connectivity index (χ1v) is 18.3. The van der Waals surface area contributed by atoms with E-state index in [1.807, 2.05) is 0 Å². The van der Waals surface area contributed by atoms with Crippen LogP contribution in [0.2, 0.25) is 0 Å². The number of aromatic nitrogens is 3. The van der Waals surface area contributed by atoms with Crippen LogP contribution in [-0.4, -0.2) is 83.1 Å². The molecule has 5 rings (SSSR count). The predicted octanol–water partition coefficient (Wildman–Crippen LogP) is 6.05. The van der Waals surface area contributed by atoms with Gasteiger partial charge in [-0.25, -0.2) is 14.4 Å². The Hall–Kier alpha value is -3.29. The summed E-state index contributed by atoms with van der Waals surface area (Å²) in [6.45, 7) is 11.4. The van der Waals surface area contributed by atoms with Crippen LogP contribution in [0.15, 0.2) is 73.7 Å². The lowest BCUT2D eigenvalue weighted by Gasteiger charge is -2.34. The van der Waals surface area contributed by atoms with Crippen LogP contribution in [0.3, 0.4) is 0 Å². The highest BCUT2D eigenvalue weighted by atomic mass is 127. The molecule has 13 heteroatoms. The van der Waals surface area contributed by atoms with Crippen LogP contribution in [0.1, 0.15) is 6.42 Å². The number of hydrogen-bond acceptors (Lipinski definition) is 9. The Morgan fingerprint density at radius 1 is 1.05 bits per heavy atom. The van der Waals surface area contributed by atoms with Crippen molar-refractivity contribution in [2.24, 2.45) is 0 Å². The van der Waals surface area contributed by atoms with Crippen LogP contribution in [0, 0.1) is 5.82 Å². The number of carbonyl (C=O) groups excluding carboxylic acids is 1. The molecule has 1 unspecified atom stereocenters. The first-order chi connectivity index (χ1) is 21.5. The van der Waals surface area contributed by atoms with Crippen LogP contribution < -0.4 is 15.4 Å². The molecule has 1 amide bonds. The van der Waals surface area contributed by atoms with Gasteiger partial charge in [0.05, 0.1) is 36.6 Å². The van der Waals surface area contributed by atoms with Crippen molar-refractivity contribution in [2.75, 3.05) is 63.1 Å². The van der Waals surface area contributed by atoms with E-state index in [1.165, 1.54) is 18.5 Å². The maximum Gasteiger partial charge on any atom is 0.247 e. The molecule has 1 saturated heterocycles. The minimum absolute atomic E-state index is 0.351. The normalized spacial score (nSPS) is 14.2. The number of anilines is 3. The first-order valence-electron chi connectivity index (χ1n) is 14.3. The van der Waals surface area contributed by atoms with Gasteiger partial charge in [-0.15, -0.1) is 0 Å². The van der Waals surface area contributed by atoms with E-state index < -0.39 is 0 Å². The minimum atomic E-state index is -0.355. The average molecular weight is 730 g/mol. The number of benzene rings is 2. The number of ether oxygens (including phenoxy) is 1. The van der Waals surface area contributed by atoms with Gasteiger partial charge in [0.2, 0.25) is 5.91 Å². The van der Waals surface area contributed by atoms with Crippen molar-refractivity contribution in [1.29, 1.82) is 0 Å². The maximum absolute atomic E-state index is 14.4. The fourth-order valence-corrected chi connectivity index (χ4v) is 5.79. The van der Waals surface area contributed by atoms with Gasteiger partial charge in [0.1, 0.15) is 23.7 Å². The fraction of sp³-hybridized carbons (Fsp3) is 0.290. The number of carbonyl (C=O) groups is 1. The molecule has 0 spiro atoms. The van der Waals surface area contributed by atoms with E-state index in [0.717, 1.165) is 52.3 Å².